The highest BCUT2D eigenvalue weighted by molar-refractivity contribution is 6.30. The minimum Gasteiger partial charge on any atom is -0.394 e. The van der Waals surface area contributed by atoms with Gasteiger partial charge >= 0.3 is 0 Å². The van der Waals surface area contributed by atoms with E-state index in [-0.39, 0.29) is 12.7 Å². The van der Waals surface area contributed by atoms with Crippen LogP contribution in [-0.2, 0) is 15.3 Å². The molecule has 0 bridgehead atoms. The van der Waals surface area contributed by atoms with Crippen molar-refractivity contribution in [3.05, 3.63) is 69.7 Å². The average molecular weight is 325 g/mol. The molecule has 5 heteroatoms. The van der Waals surface area contributed by atoms with Crippen molar-refractivity contribution in [2.75, 3.05) is 13.2 Å². The highest BCUT2D eigenvalue weighted by Gasteiger charge is 2.44. The Balaban J connectivity index is 2.07. The van der Waals surface area contributed by atoms with E-state index in [1.807, 2.05) is 24.3 Å². The van der Waals surface area contributed by atoms with Gasteiger partial charge in [-0.2, -0.15) is 0 Å². The van der Waals surface area contributed by atoms with Gasteiger partial charge in [-0.3, -0.25) is 0 Å². The minimum absolute atomic E-state index is 0.0943. The maximum Gasteiger partial charge on any atom is 0.222 e. The van der Waals surface area contributed by atoms with Crippen LogP contribution in [0.4, 0.5) is 0 Å². The predicted molar refractivity (Wildman–Crippen MR) is 81.6 cm³/mol. The van der Waals surface area contributed by atoms with E-state index in [2.05, 4.69) is 0 Å². The van der Waals surface area contributed by atoms with Gasteiger partial charge in [-0.15, -0.1) is 0 Å². The Hall–Kier alpha value is -1.10. The number of aliphatic hydroxyl groups excluding tert-OH is 1. The van der Waals surface area contributed by atoms with E-state index in [1.165, 1.54) is 0 Å². The Labute approximate surface area is 133 Å². The first-order valence-electron chi connectivity index (χ1n) is 6.59. The van der Waals surface area contributed by atoms with Crippen LogP contribution in [0.1, 0.15) is 11.1 Å². The van der Waals surface area contributed by atoms with Crippen LogP contribution >= 0.6 is 23.2 Å². The molecular weight excluding hydrogens is 311 g/mol. The molecule has 21 heavy (non-hydrogen) atoms. The molecule has 1 atom stereocenters. The summed E-state index contributed by atoms with van der Waals surface area (Å²) in [7, 11) is 0. The van der Waals surface area contributed by atoms with Crippen LogP contribution in [-0.4, -0.2) is 24.4 Å². The standard InChI is InChI=1S/C16H14Cl2O3/c17-13-5-1-11(2-6-13)16(20-10-15(9-19)21-16)12-3-7-14(18)8-4-12/h1-8,15,19H,9-10H2/t15-/m1/s1. The summed E-state index contributed by atoms with van der Waals surface area (Å²) in [5.41, 5.74) is 1.65. The highest BCUT2D eigenvalue weighted by atomic mass is 35.5. The second-order valence-corrected chi connectivity index (χ2v) is 5.74. The molecule has 2 aromatic rings. The Kier molecular flexibility index (Phi) is 4.20. The zero-order valence-corrected chi connectivity index (χ0v) is 12.6. The van der Waals surface area contributed by atoms with Gasteiger partial charge in [0.1, 0.15) is 6.10 Å². The molecule has 0 radical (unpaired) electrons. The van der Waals surface area contributed by atoms with E-state index in [9.17, 15) is 5.11 Å². The maximum absolute atomic E-state index is 9.33. The van der Waals surface area contributed by atoms with E-state index < -0.39 is 5.79 Å². The molecule has 0 aliphatic carbocycles. The third-order valence-electron chi connectivity index (χ3n) is 3.46. The topological polar surface area (TPSA) is 38.7 Å². The molecule has 0 aromatic heterocycles. The molecule has 1 heterocycles. The molecule has 1 aliphatic heterocycles. The fourth-order valence-electron chi connectivity index (χ4n) is 2.41. The van der Waals surface area contributed by atoms with Gasteiger partial charge in [0.2, 0.25) is 5.79 Å². The molecule has 1 aliphatic rings. The second kappa shape index (κ2) is 5.95. The molecule has 2 aromatic carbocycles. The van der Waals surface area contributed by atoms with Gasteiger partial charge in [0, 0.05) is 21.2 Å². The fourth-order valence-corrected chi connectivity index (χ4v) is 2.66. The quantitative estimate of drug-likeness (QED) is 0.937. The molecular formula is C16H14Cl2O3. The average Bonchev–Trinajstić information content (AvgIpc) is 2.94. The van der Waals surface area contributed by atoms with Crippen molar-refractivity contribution in [1.29, 1.82) is 0 Å². The molecule has 0 unspecified atom stereocenters. The minimum atomic E-state index is -1.04. The monoisotopic (exact) mass is 324 g/mol. The first-order chi connectivity index (χ1) is 10.1. The van der Waals surface area contributed by atoms with Crippen LogP contribution in [0.25, 0.3) is 0 Å². The SMILES string of the molecule is OC[C@@H]1COC(c2ccc(Cl)cc2)(c2ccc(Cl)cc2)O1. The molecule has 1 N–H and O–H groups in total. The van der Waals surface area contributed by atoms with Gasteiger partial charge in [0.05, 0.1) is 13.2 Å². The summed E-state index contributed by atoms with van der Waals surface area (Å²) in [6.45, 7) is 0.227. The first-order valence-corrected chi connectivity index (χ1v) is 7.34. The number of benzene rings is 2. The van der Waals surface area contributed by atoms with Crippen molar-refractivity contribution < 1.29 is 14.6 Å². The van der Waals surface area contributed by atoms with E-state index in [0.717, 1.165) is 11.1 Å². The van der Waals surface area contributed by atoms with Crippen molar-refractivity contribution in [1.82, 2.24) is 0 Å². The van der Waals surface area contributed by atoms with Crippen molar-refractivity contribution in [3.63, 3.8) is 0 Å². The zero-order chi connectivity index (χ0) is 14.9. The summed E-state index contributed by atoms with van der Waals surface area (Å²) in [6, 6.07) is 14.6. The lowest BCUT2D eigenvalue weighted by Gasteiger charge is -2.29. The fraction of sp³-hybridized carbons (Fsp3) is 0.250. The second-order valence-electron chi connectivity index (χ2n) is 4.86. The molecule has 1 fully saturated rings. The molecule has 0 saturated carbocycles. The Morgan fingerprint density at radius 1 is 0.952 bits per heavy atom. The number of aliphatic hydroxyl groups is 1. The van der Waals surface area contributed by atoms with E-state index in [1.54, 1.807) is 24.3 Å². The summed E-state index contributed by atoms with van der Waals surface area (Å²) in [5, 5.41) is 10.6. The smallest absolute Gasteiger partial charge is 0.222 e. The molecule has 0 amide bonds. The van der Waals surface area contributed by atoms with Crippen LogP contribution in [0.15, 0.2) is 48.5 Å². The van der Waals surface area contributed by atoms with Gasteiger partial charge in [-0.05, 0) is 24.3 Å². The van der Waals surface area contributed by atoms with Crippen LogP contribution in [0.5, 0.6) is 0 Å². The Morgan fingerprint density at radius 3 is 1.81 bits per heavy atom. The lowest BCUT2D eigenvalue weighted by Crippen LogP contribution is -2.30. The van der Waals surface area contributed by atoms with Crippen molar-refractivity contribution >= 4 is 23.2 Å². The predicted octanol–water partition coefficient (Wildman–Crippen LogP) is 3.60. The summed E-state index contributed by atoms with van der Waals surface area (Å²) in [5.74, 6) is -1.04. The lowest BCUT2D eigenvalue weighted by molar-refractivity contribution is -0.146. The van der Waals surface area contributed by atoms with Gasteiger partial charge in [-0.25, -0.2) is 0 Å². The summed E-state index contributed by atoms with van der Waals surface area (Å²) in [6.07, 6.45) is -0.364. The molecule has 0 spiro atoms. The van der Waals surface area contributed by atoms with Gasteiger partial charge < -0.3 is 14.6 Å². The normalized spacial score (nSPS) is 20.6. The number of halogens is 2. The zero-order valence-electron chi connectivity index (χ0n) is 11.1. The number of hydrogen-bond acceptors (Lipinski definition) is 3. The summed E-state index contributed by atoms with van der Waals surface area (Å²) in [4.78, 5) is 0. The van der Waals surface area contributed by atoms with Gasteiger partial charge in [-0.1, -0.05) is 47.5 Å². The first kappa shape index (κ1) is 14.8. The third-order valence-corrected chi connectivity index (χ3v) is 3.96. The number of ether oxygens (including phenoxy) is 2. The van der Waals surface area contributed by atoms with E-state index >= 15 is 0 Å². The lowest BCUT2D eigenvalue weighted by atomic mass is 9.97. The Morgan fingerprint density at radius 2 is 1.43 bits per heavy atom. The third kappa shape index (κ3) is 2.80. The molecule has 110 valence electrons. The van der Waals surface area contributed by atoms with E-state index in [4.69, 9.17) is 32.7 Å². The summed E-state index contributed by atoms with van der Waals surface area (Å²) < 4.78 is 11.9. The van der Waals surface area contributed by atoms with Crippen LogP contribution in [0.2, 0.25) is 10.0 Å². The number of hydrogen-bond donors (Lipinski definition) is 1. The van der Waals surface area contributed by atoms with Gasteiger partial charge in [0.15, 0.2) is 0 Å². The van der Waals surface area contributed by atoms with Gasteiger partial charge in [0.25, 0.3) is 0 Å². The van der Waals surface area contributed by atoms with Crippen molar-refractivity contribution in [2.45, 2.75) is 11.9 Å². The molecule has 1 saturated heterocycles. The molecule has 3 rings (SSSR count). The highest BCUT2D eigenvalue weighted by Crippen LogP contribution is 2.41. The van der Waals surface area contributed by atoms with Crippen LogP contribution in [0.3, 0.4) is 0 Å². The van der Waals surface area contributed by atoms with Crippen LogP contribution in [0, 0.1) is 0 Å². The Bertz CT molecular complexity index is 565. The van der Waals surface area contributed by atoms with Crippen molar-refractivity contribution in [2.24, 2.45) is 0 Å². The van der Waals surface area contributed by atoms with Crippen molar-refractivity contribution in [3.8, 4) is 0 Å². The maximum atomic E-state index is 9.33. The largest absolute Gasteiger partial charge is 0.394 e. The van der Waals surface area contributed by atoms with E-state index in [0.29, 0.717) is 16.7 Å². The summed E-state index contributed by atoms with van der Waals surface area (Å²) >= 11 is 11.9. The van der Waals surface area contributed by atoms with Crippen LogP contribution < -0.4 is 0 Å². The molecule has 3 nitrogen and oxygen atoms in total. The number of rotatable bonds is 3.